The van der Waals surface area contributed by atoms with Crippen LogP contribution in [0.1, 0.15) is 32.6 Å². The second kappa shape index (κ2) is 7.58. The van der Waals surface area contributed by atoms with Gasteiger partial charge in [0.15, 0.2) is 0 Å². The van der Waals surface area contributed by atoms with E-state index in [2.05, 4.69) is 10.0 Å². The monoisotopic (exact) mass is 306 g/mol. The number of hydrogen-bond donors (Lipinski definition) is 3. The summed E-state index contributed by atoms with van der Waals surface area (Å²) in [7, 11) is -3.34. The molecular weight excluding hydrogens is 284 g/mol. The smallest absolute Gasteiger partial charge is 0.306 e. The highest BCUT2D eigenvalue weighted by Gasteiger charge is 2.30. The summed E-state index contributed by atoms with van der Waals surface area (Å²) >= 11 is 0. The van der Waals surface area contributed by atoms with Crippen LogP contribution in [0.2, 0.25) is 0 Å². The largest absolute Gasteiger partial charge is 0.481 e. The van der Waals surface area contributed by atoms with E-state index in [9.17, 15) is 18.0 Å². The average Bonchev–Trinajstić information content (AvgIpc) is 2.38. The molecule has 1 aliphatic rings. The van der Waals surface area contributed by atoms with Crippen LogP contribution in [0, 0.1) is 11.8 Å². The zero-order chi connectivity index (χ0) is 15.2. The quantitative estimate of drug-likeness (QED) is 0.609. The van der Waals surface area contributed by atoms with Gasteiger partial charge in [0.1, 0.15) is 0 Å². The van der Waals surface area contributed by atoms with Crippen LogP contribution in [0.4, 0.5) is 0 Å². The van der Waals surface area contributed by atoms with Gasteiger partial charge in [0.05, 0.1) is 11.7 Å². The zero-order valence-electron chi connectivity index (χ0n) is 11.6. The van der Waals surface area contributed by atoms with E-state index >= 15 is 0 Å². The highest BCUT2D eigenvalue weighted by atomic mass is 32.2. The minimum Gasteiger partial charge on any atom is -0.481 e. The van der Waals surface area contributed by atoms with Crippen molar-refractivity contribution in [2.24, 2.45) is 11.8 Å². The van der Waals surface area contributed by atoms with Crippen molar-refractivity contribution in [3.63, 3.8) is 0 Å². The second-order valence-corrected chi connectivity index (χ2v) is 6.93. The number of carboxylic acids is 1. The van der Waals surface area contributed by atoms with E-state index in [1.165, 1.54) is 0 Å². The lowest BCUT2D eigenvalue weighted by Crippen LogP contribution is -2.39. The molecule has 20 heavy (non-hydrogen) atoms. The summed E-state index contributed by atoms with van der Waals surface area (Å²) in [5.74, 6) is -2.07. The highest BCUT2D eigenvalue weighted by Crippen LogP contribution is 2.29. The zero-order valence-corrected chi connectivity index (χ0v) is 12.4. The van der Waals surface area contributed by atoms with Crippen molar-refractivity contribution in [1.82, 2.24) is 10.0 Å². The first kappa shape index (κ1) is 16.9. The molecule has 8 heteroatoms. The first-order valence-corrected chi connectivity index (χ1v) is 8.48. The predicted molar refractivity (Wildman–Crippen MR) is 73.6 cm³/mol. The van der Waals surface area contributed by atoms with Gasteiger partial charge >= 0.3 is 5.97 Å². The molecule has 7 nitrogen and oxygen atoms in total. The fourth-order valence-corrected chi connectivity index (χ4v) is 3.35. The average molecular weight is 306 g/mol. The van der Waals surface area contributed by atoms with Crippen molar-refractivity contribution in [3.05, 3.63) is 0 Å². The van der Waals surface area contributed by atoms with Gasteiger partial charge in [-0.25, -0.2) is 13.1 Å². The molecule has 116 valence electrons. The third-order valence-electron chi connectivity index (χ3n) is 3.43. The number of sulfonamides is 1. The highest BCUT2D eigenvalue weighted by molar-refractivity contribution is 7.89. The fourth-order valence-electron chi connectivity index (χ4n) is 2.40. The molecule has 1 rings (SSSR count). The van der Waals surface area contributed by atoms with Crippen LogP contribution in [0.15, 0.2) is 0 Å². The molecule has 2 atom stereocenters. The van der Waals surface area contributed by atoms with Gasteiger partial charge in [0.2, 0.25) is 15.9 Å². The van der Waals surface area contributed by atoms with E-state index in [1.807, 2.05) is 0 Å². The van der Waals surface area contributed by atoms with Crippen LogP contribution >= 0.6 is 0 Å². The van der Waals surface area contributed by atoms with Gasteiger partial charge in [0, 0.05) is 19.0 Å². The molecule has 0 bridgehead atoms. The summed E-state index contributed by atoms with van der Waals surface area (Å²) in [4.78, 5) is 22.8. The van der Waals surface area contributed by atoms with E-state index in [0.717, 1.165) is 0 Å². The maximum absolute atomic E-state index is 11.9. The molecule has 1 amide bonds. The summed E-state index contributed by atoms with van der Waals surface area (Å²) < 4.78 is 25.1. The van der Waals surface area contributed by atoms with E-state index in [-0.39, 0.29) is 24.1 Å². The lowest BCUT2D eigenvalue weighted by Gasteiger charge is -2.25. The molecule has 2 unspecified atom stereocenters. The number of nitrogens with one attached hydrogen (secondary N) is 2. The number of hydrogen-bond acceptors (Lipinski definition) is 4. The molecule has 3 N–H and O–H groups in total. The Morgan fingerprint density at radius 3 is 2.50 bits per heavy atom. The Morgan fingerprint density at radius 2 is 1.90 bits per heavy atom. The molecule has 1 aliphatic carbocycles. The first-order valence-electron chi connectivity index (χ1n) is 6.83. The molecule has 0 heterocycles. The van der Waals surface area contributed by atoms with Crippen molar-refractivity contribution < 1.29 is 23.1 Å². The summed E-state index contributed by atoms with van der Waals surface area (Å²) in [6.45, 7) is 2.05. The molecule has 0 saturated heterocycles. The number of carbonyl (C=O) groups is 2. The van der Waals surface area contributed by atoms with Crippen molar-refractivity contribution in [1.29, 1.82) is 0 Å². The van der Waals surface area contributed by atoms with Gasteiger partial charge in [-0.3, -0.25) is 9.59 Å². The number of amides is 1. The summed E-state index contributed by atoms with van der Waals surface area (Å²) in [5.41, 5.74) is 0. The minimum atomic E-state index is -3.34. The SMILES string of the molecule is CCNS(=O)(=O)CCNC(=O)C1CCCC(C(=O)O)C1. The molecule has 0 aromatic rings. The maximum atomic E-state index is 11.9. The van der Waals surface area contributed by atoms with Gasteiger partial charge < -0.3 is 10.4 Å². The third-order valence-corrected chi connectivity index (χ3v) is 4.90. The predicted octanol–water partition coefficient (Wildman–Crippen LogP) is -0.0671. The van der Waals surface area contributed by atoms with E-state index in [0.29, 0.717) is 32.2 Å². The Hall–Kier alpha value is -1.15. The van der Waals surface area contributed by atoms with E-state index in [4.69, 9.17) is 5.11 Å². The van der Waals surface area contributed by atoms with Crippen LogP contribution in [0.5, 0.6) is 0 Å². The van der Waals surface area contributed by atoms with Crippen molar-refractivity contribution in [2.45, 2.75) is 32.6 Å². The normalized spacial score (nSPS) is 23.2. The molecule has 0 aliphatic heterocycles. The van der Waals surface area contributed by atoms with E-state index < -0.39 is 21.9 Å². The van der Waals surface area contributed by atoms with Gasteiger partial charge in [-0.15, -0.1) is 0 Å². The van der Waals surface area contributed by atoms with Crippen LogP contribution in [-0.2, 0) is 19.6 Å². The van der Waals surface area contributed by atoms with Crippen molar-refractivity contribution in [3.8, 4) is 0 Å². The molecule has 0 radical (unpaired) electrons. The second-order valence-electron chi connectivity index (χ2n) is 5.01. The molecule has 0 aromatic carbocycles. The Kier molecular flexibility index (Phi) is 6.41. The molecular formula is C12H22N2O5S. The van der Waals surface area contributed by atoms with Gasteiger partial charge in [-0.2, -0.15) is 0 Å². The Morgan fingerprint density at radius 1 is 1.25 bits per heavy atom. The van der Waals surface area contributed by atoms with Crippen LogP contribution in [-0.4, -0.2) is 44.2 Å². The Labute approximate surface area is 119 Å². The van der Waals surface area contributed by atoms with Crippen LogP contribution < -0.4 is 10.0 Å². The number of carbonyl (C=O) groups excluding carboxylic acids is 1. The Bertz CT molecular complexity index is 449. The summed E-state index contributed by atoms with van der Waals surface area (Å²) in [6, 6.07) is 0. The minimum absolute atomic E-state index is 0.0441. The Balaban J connectivity index is 2.37. The lowest BCUT2D eigenvalue weighted by molar-refractivity contribution is -0.144. The maximum Gasteiger partial charge on any atom is 0.306 e. The van der Waals surface area contributed by atoms with Crippen molar-refractivity contribution in [2.75, 3.05) is 18.8 Å². The third kappa shape index (κ3) is 5.46. The number of rotatable bonds is 7. The number of carboxylic acid groups (broad SMARTS) is 1. The van der Waals surface area contributed by atoms with Gasteiger partial charge in [-0.1, -0.05) is 13.3 Å². The van der Waals surface area contributed by atoms with E-state index in [1.54, 1.807) is 6.92 Å². The molecule has 0 aromatic heterocycles. The van der Waals surface area contributed by atoms with Gasteiger partial charge in [-0.05, 0) is 19.3 Å². The van der Waals surface area contributed by atoms with Crippen LogP contribution in [0.3, 0.4) is 0 Å². The topological polar surface area (TPSA) is 113 Å². The van der Waals surface area contributed by atoms with Crippen LogP contribution in [0.25, 0.3) is 0 Å². The summed E-state index contributed by atoms with van der Waals surface area (Å²) in [6.07, 6.45) is 2.31. The van der Waals surface area contributed by atoms with Crippen molar-refractivity contribution >= 4 is 21.9 Å². The standard InChI is InChI=1S/C12H22N2O5S/c1-2-14-20(18,19)7-6-13-11(15)9-4-3-5-10(8-9)12(16)17/h9-10,14H,2-8H2,1H3,(H,13,15)(H,16,17). The number of aliphatic carboxylic acids is 1. The fraction of sp³-hybridized carbons (Fsp3) is 0.833. The lowest BCUT2D eigenvalue weighted by atomic mass is 9.81. The summed E-state index contributed by atoms with van der Waals surface area (Å²) in [5, 5.41) is 11.5. The molecule has 1 saturated carbocycles. The molecule has 1 fully saturated rings. The first-order chi connectivity index (χ1) is 9.35. The molecule has 0 spiro atoms. The van der Waals surface area contributed by atoms with Gasteiger partial charge in [0.25, 0.3) is 0 Å².